The van der Waals surface area contributed by atoms with Crippen LogP contribution in [0.5, 0.6) is 0 Å². The lowest BCUT2D eigenvalue weighted by Crippen LogP contribution is -2.45. The molecule has 1 aliphatic carbocycles. The first kappa shape index (κ1) is 13.0. The second kappa shape index (κ2) is 5.32. The van der Waals surface area contributed by atoms with Gasteiger partial charge in [-0.2, -0.15) is 0 Å². The van der Waals surface area contributed by atoms with Crippen molar-refractivity contribution in [3.05, 3.63) is 0 Å². The molecule has 0 aromatic heterocycles. The second-order valence-electron chi connectivity index (χ2n) is 5.44. The molecule has 1 N–H and O–H groups in total. The molecule has 92 valence electrons. The van der Waals surface area contributed by atoms with Crippen LogP contribution in [0.2, 0.25) is 0 Å². The van der Waals surface area contributed by atoms with Gasteiger partial charge in [0.1, 0.15) is 12.4 Å². The summed E-state index contributed by atoms with van der Waals surface area (Å²) in [7, 11) is 0. The third-order valence-electron chi connectivity index (χ3n) is 2.92. The monoisotopic (exact) mass is 227 g/mol. The van der Waals surface area contributed by atoms with Crippen molar-refractivity contribution in [1.82, 2.24) is 5.32 Å². The molecule has 16 heavy (non-hydrogen) atoms. The number of alkyl carbamates (subject to hydrolysis) is 1. The van der Waals surface area contributed by atoms with Crippen LogP contribution in [0, 0.1) is 5.41 Å². The standard InChI is InChI=1S/C12H21NO3/c1-12(2,3)10(8-14)13-11(15)16-9-6-4-5-7-9/h8-10H,4-7H2,1-3H3,(H,13,15)/t10-/m1/s1. The third kappa shape index (κ3) is 3.83. The van der Waals surface area contributed by atoms with E-state index in [-0.39, 0.29) is 11.5 Å². The molecule has 1 rings (SSSR count). The van der Waals surface area contributed by atoms with Crippen LogP contribution in [0.15, 0.2) is 0 Å². The van der Waals surface area contributed by atoms with E-state index in [4.69, 9.17) is 4.74 Å². The molecular formula is C12H21NO3. The highest BCUT2D eigenvalue weighted by Gasteiger charge is 2.27. The molecule has 0 radical (unpaired) electrons. The first-order valence-electron chi connectivity index (χ1n) is 5.86. The van der Waals surface area contributed by atoms with E-state index in [1.54, 1.807) is 0 Å². The van der Waals surface area contributed by atoms with Crippen molar-refractivity contribution in [1.29, 1.82) is 0 Å². The van der Waals surface area contributed by atoms with Crippen LogP contribution >= 0.6 is 0 Å². The first-order valence-corrected chi connectivity index (χ1v) is 5.86. The normalized spacial score (nSPS) is 19.2. The van der Waals surface area contributed by atoms with Crippen LogP contribution in [0.1, 0.15) is 46.5 Å². The van der Waals surface area contributed by atoms with E-state index in [0.717, 1.165) is 32.0 Å². The van der Waals surface area contributed by atoms with Gasteiger partial charge in [-0.25, -0.2) is 4.79 Å². The van der Waals surface area contributed by atoms with Crippen molar-refractivity contribution in [2.24, 2.45) is 5.41 Å². The molecule has 1 amide bonds. The highest BCUT2D eigenvalue weighted by molar-refractivity contribution is 5.73. The van der Waals surface area contributed by atoms with Crippen LogP contribution < -0.4 is 5.32 Å². The molecule has 1 saturated carbocycles. The summed E-state index contributed by atoms with van der Waals surface area (Å²) in [6, 6.07) is -0.499. The Labute approximate surface area is 96.7 Å². The Morgan fingerprint density at radius 3 is 2.38 bits per heavy atom. The Balaban J connectivity index is 2.39. The molecule has 0 aromatic rings. The van der Waals surface area contributed by atoms with Gasteiger partial charge >= 0.3 is 6.09 Å². The Hall–Kier alpha value is -1.06. The van der Waals surface area contributed by atoms with Crippen molar-refractivity contribution in [3.63, 3.8) is 0 Å². The largest absolute Gasteiger partial charge is 0.446 e. The molecule has 1 fully saturated rings. The van der Waals surface area contributed by atoms with Gasteiger partial charge in [0.25, 0.3) is 0 Å². The Morgan fingerprint density at radius 2 is 1.94 bits per heavy atom. The van der Waals surface area contributed by atoms with Crippen molar-refractivity contribution in [2.75, 3.05) is 0 Å². The fraction of sp³-hybridized carbons (Fsp3) is 0.833. The van der Waals surface area contributed by atoms with E-state index < -0.39 is 12.1 Å². The van der Waals surface area contributed by atoms with Gasteiger partial charge in [-0.05, 0) is 31.1 Å². The van der Waals surface area contributed by atoms with Gasteiger partial charge in [0.15, 0.2) is 0 Å². The second-order valence-corrected chi connectivity index (χ2v) is 5.44. The predicted molar refractivity (Wildman–Crippen MR) is 61.2 cm³/mol. The molecule has 0 unspecified atom stereocenters. The number of hydrogen-bond acceptors (Lipinski definition) is 3. The lowest BCUT2D eigenvalue weighted by atomic mass is 9.88. The summed E-state index contributed by atoms with van der Waals surface area (Å²) in [6.07, 6.45) is 4.44. The minimum absolute atomic E-state index is 0.0345. The van der Waals surface area contributed by atoms with E-state index in [9.17, 15) is 9.59 Å². The average Bonchev–Trinajstić information content (AvgIpc) is 2.64. The van der Waals surface area contributed by atoms with Gasteiger partial charge < -0.3 is 14.8 Å². The van der Waals surface area contributed by atoms with Crippen molar-refractivity contribution >= 4 is 12.4 Å². The third-order valence-corrected chi connectivity index (χ3v) is 2.92. The minimum atomic E-state index is -0.499. The first-order chi connectivity index (χ1) is 7.43. The lowest BCUT2D eigenvalue weighted by Gasteiger charge is -2.26. The van der Waals surface area contributed by atoms with E-state index in [0.29, 0.717) is 0 Å². The van der Waals surface area contributed by atoms with Gasteiger partial charge in [-0.15, -0.1) is 0 Å². The number of aldehydes is 1. The summed E-state index contributed by atoms with van der Waals surface area (Å²) in [5, 5.41) is 2.60. The van der Waals surface area contributed by atoms with E-state index in [1.807, 2.05) is 20.8 Å². The smallest absolute Gasteiger partial charge is 0.407 e. The molecule has 0 aliphatic heterocycles. The van der Waals surface area contributed by atoms with Crippen molar-refractivity contribution < 1.29 is 14.3 Å². The number of carbonyl (C=O) groups excluding carboxylic acids is 2. The molecular weight excluding hydrogens is 206 g/mol. The topological polar surface area (TPSA) is 55.4 Å². The highest BCUT2D eigenvalue weighted by atomic mass is 16.6. The SMILES string of the molecule is CC(C)(C)[C@@H](C=O)NC(=O)OC1CCCC1. The zero-order valence-corrected chi connectivity index (χ0v) is 10.3. The van der Waals surface area contributed by atoms with Crippen molar-refractivity contribution in [3.8, 4) is 0 Å². The number of nitrogens with one attached hydrogen (secondary N) is 1. The van der Waals surface area contributed by atoms with Crippen LogP contribution in [-0.2, 0) is 9.53 Å². The van der Waals surface area contributed by atoms with Gasteiger partial charge in [-0.3, -0.25) is 0 Å². The number of amides is 1. The molecule has 0 aromatic carbocycles. The lowest BCUT2D eigenvalue weighted by molar-refractivity contribution is -0.111. The Bertz CT molecular complexity index is 251. The maximum atomic E-state index is 11.5. The van der Waals surface area contributed by atoms with Gasteiger partial charge in [0, 0.05) is 0 Å². The van der Waals surface area contributed by atoms with E-state index >= 15 is 0 Å². The van der Waals surface area contributed by atoms with Crippen LogP contribution in [0.25, 0.3) is 0 Å². The van der Waals surface area contributed by atoms with Crippen LogP contribution in [-0.4, -0.2) is 24.5 Å². The summed E-state index contributed by atoms with van der Waals surface area (Å²) in [5.74, 6) is 0. The highest BCUT2D eigenvalue weighted by Crippen LogP contribution is 2.22. The van der Waals surface area contributed by atoms with E-state index in [1.165, 1.54) is 0 Å². The summed E-state index contributed by atoms with van der Waals surface area (Å²) in [6.45, 7) is 5.71. The molecule has 1 aliphatic rings. The van der Waals surface area contributed by atoms with Gasteiger partial charge in [0.05, 0.1) is 6.04 Å². The van der Waals surface area contributed by atoms with Crippen LogP contribution in [0.3, 0.4) is 0 Å². The average molecular weight is 227 g/mol. The van der Waals surface area contributed by atoms with Gasteiger partial charge in [0.2, 0.25) is 0 Å². The summed E-state index contributed by atoms with van der Waals surface area (Å²) in [4.78, 5) is 22.4. The minimum Gasteiger partial charge on any atom is -0.446 e. The summed E-state index contributed by atoms with van der Waals surface area (Å²) < 4.78 is 5.23. The number of ether oxygens (including phenoxy) is 1. The van der Waals surface area contributed by atoms with Crippen LogP contribution in [0.4, 0.5) is 4.79 Å². The summed E-state index contributed by atoms with van der Waals surface area (Å²) >= 11 is 0. The molecule has 4 nitrogen and oxygen atoms in total. The van der Waals surface area contributed by atoms with Gasteiger partial charge in [-0.1, -0.05) is 20.8 Å². The maximum Gasteiger partial charge on any atom is 0.407 e. The Kier molecular flexibility index (Phi) is 4.33. The Morgan fingerprint density at radius 1 is 1.38 bits per heavy atom. The zero-order chi connectivity index (χ0) is 12.2. The zero-order valence-electron chi connectivity index (χ0n) is 10.3. The number of hydrogen-bond donors (Lipinski definition) is 1. The number of rotatable bonds is 3. The molecule has 0 bridgehead atoms. The van der Waals surface area contributed by atoms with E-state index in [2.05, 4.69) is 5.32 Å². The fourth-order valence-electron chi connectivity index (χ4n) is 1.77. The summed E-state index contributed by atoms with van der Waals surface area (Å²) in [5.41, 5.74) is -0.281. The quantitative estimate of drug-likeness (QED) is 0.752. The molecule has 0 heterocycles. The predicted octanol–water partition coefficient (Wildman–Crippen LogP) is 2.27. The maximum absolute atomic E-state index is 11.5. The molecule has 4 heteroatoms. The molecule has 1 atom stereocenters. The molecule has 0 spiro atoms. The fourth-order valence-corrected chi connectivity index (χ4v) is 1.77. The number of carbonyl (C=O) groups is 2. The molecule has 0 saturated heterocycles. The van der Waals surface area contributed by atoms with Crippen molar-refractivity contribution in [2.45, 2.75) is 58.6 Å².